The number of piperidine rings is 1. The van der Waals surface area contributed by atoms with Crippen LogP contribution in [0.2, 0.25) is 0 Å². The third-order valence-corrected chi connectivity index (χ3v) is 3.72. The average molecular weight is 237 g/mol. The van der Waals surface area contributed by atoms with Crippen LogP contribution in [0.5, 0.6) is 0 Å². The smallest absolute Gasteiger partial charge is 0.272 e. The second-order valence-corrected chi connectivity index (χ2v) is 5.00. The maximum Gasteiger partial charge on any atom is 0.272 e. The van der Waals surface area contributed by atoms with Gasteiger partial charge in [-0.2, -0.15) is 0 Å². The number of nitrogens with zero attached hydrogens (tertiary/aromatic N) is 1. The Morgan fingerprint density at radius 3 is 3.18 bits per heavy atom. The summed E-state index contributed by atoms with van der Waals surface area (Å²) in [7, 11) is 0. The molecule has 2 aliphatic heterocycles. The molecular weight excluding hydrogens is 218 g/mol. The Labute approximate surface area is 100 Å². The molecule has 2 N–H and O–H groups in total. The highest BCUT2D eigenvalue weighted by Gasteiger charge is 2.20. The summed E-state index contributed by atoms with van der Waals surface area (Å²) >= 11 is 0. The highest BCUT2D eigenvalue weighted by molar-refractivity contribution is 5.18. The van der Waals surface area contributed by atoms with E-state index < -0.39 is 0 Å². The highest BCUT2D eigenvalue weighted by Crippen LogP contribution is 2.14. The van der Waals surface area contributed by atoms with Crippen molar-refractivity contribution in [1.82, 2.24) is 15.1 Å². The van der Waals surface area contributed by atoms with Crippen molar-refractivity contribution in [1.29, 1.82) is 0 Å². The van der Waals surface area contributed by atoms with Gasteiger partial charge in [-0.05, 0) is 31.8 Å². The topological polar surface area (TPSA) is 59.0 Å². The van der Waals surface area contributed by atoms with E-state index in [1.54, 1.807) is 4.68 Å². The Hall–Kier alpha value is -1.07. The van der Waals surface area contributed by atoms with E-state index in [0.29, 0.717) is 12.5 Å². The van der Waals surface area contributed by atoms with Crippen molar-refractivity contribution >= 4 is 0 Å². The zero-order chi connectivity index (χ0) is 11.7. The van der Waals surface area contributed by atoms with Crippen LogP contribution in [0.1, 0.15) is 24.1 Å². The number of aromatic nitrogens is 2. The molecule has 1 unspecified atom stereocenters. The Morgan fingerprint density at radius 1 is 1.47 bits per heavy atom. The van der Waals surface area contributed by atoms with Gasteiger partial charge in [0.2, 0.25) is 0 Å². The molecule has 5 nitrogen and oxygen atoms in total. The molecule has 2 aliphatic rings. The molecule has 0 aliphatic carbocycles. The summed E-state index contributed by atoms with van der Waals surface area (Å²) in [6.45, 7) is 4.13. The maximum atomic E-state index is 12.1. The summed E-state index contributed by atoms with van der Waals surface area (Å²) in [5.74, 6) is 0.572. The van der Waals surface area contributed by atoms with Crippen LogP contribution in [0.25, 0.3) is 0 Å². The lowest BCUT2D eigenvalue weighted by Crippen LogP contribution is -2.34. The van der Waals surface area contributed by atoms with Crippen LogP contribution >= 0.6 is 0 Å². The third-order valence-electron chi connectivity index (χ3n) is 3.72. The lowest BCUT2D eigenvalue weighted by Gasteiger charge is -2.22. The van der Waals surface area contributed by atoms with Crippen molar-refractivity contribution in [3.8, 4) is 0 Å². The summed E-state index contributed by atoms with van der Waals surface area (Å²) in [5.41, 5.74) is 2.02. The minimum absolute atomic E-state index is 0.116. The first-order chi connectivity index (χ1) is 8.34. The van der Waals surface area contributed by atoms with Crippen molar-refractivity contribution in [2.45, 2.75) is 32.4 Å². The Kier molecular flexibility index (Phi) is 3.03. The zero-order valence-corrected chi connectivity index (χ0v) is 10.00. The number of fused-ring (bicyclic) bond motifs is 1. The largest absolute Gasteiger partial charge is 0.376 e. The Balaban J connectivity index is 1.78. The lowest BCUT2D eigenvalue weighted by atomic mass is 10.00. The molecule has 17 heavy (non-hydrogen) atoms. The molecule has 1 saturated heterocycles. The van der Waals surface area contributed by atoms with Crippen LogP contribution in [0.15, 0.2) is 4.79 Å². The molecule has 0 aromatic carbocycles. The van der Waals surface area contributed by atoms with E-state index in [9.17, 15) is 4.79 Å². The van der Waals surface area contributed by atoms with Gasteiger partial charge in [-0.25, -0.2) is 0 Å². The van der Waals surface area contributed by atoms with Gasteiger partial charge >= 0.3 is 0 Å². The number of hydrogen-bond donors (Lipinski definition) is 2. The van der Waals surface area contributed by atoms with Gasteiger partial charge < -0.3 is 10.1 Å². The Bertz CT molecular complexity index is 443. The molecule has 1 aromatic heterocycles. The fourth-order valence-electron chi connectivity index (χ4n) is 2.74. The standard InChI is InChI=1S/C12H19N3O2/c16-12-10-8-17-5-3-11(10)14-15(12)7-9-2-1-4-13-6-9/h9,13-14H,1-8H2. The van der Waals surface area contributed by atoms with Crippen molar-refractivity contribution in [2.24, 2.45) is 5.92 Å². The van der Waals surface area contributed by atoms with Crippen molar-refractivity contribution < 1.29 is 4.74 Å². The van der Waals surface area contributed by atoms with Gasteiger partial charge in [-0.15, -0.1) is 0 Å². The van der Waals surface area contributed by atoms with E-state index in [-0.39, 0.29) is 5.56 Å². The fourth-order valence-corrected chi connectivity index (χ4v) is 2.74. The van der Waals surface area contributed by atoms with E-state index in [1.807, 2.05) is 0 Å². The molecule has 0 radical (unpaired) electrons. The number of rotatable bonds is 2. The van der Waals surface area contributed by atoms with Crippen LogP contribution in [0, 0.1) is 5.92 Å². The van der Waals surface area contributed by atoms with Gasteiger partial charge in [0.15, 0.2) is 0 Å². The number of nitrogens with one attached hydrogen (secondary N) is 2. The number of H-pyrrole nitrogens is 1. The first kappa shape index (κ1) is 11.0. The molecule has 3 rings (SSSR count). The second kappa shape index (κ2) is 4.66. The van der Waals surface area contributed by atoms with Gasteiger partial charge in [0.25, 0.3) is 5.56 Å². The third kappa shape index (κ3) is 2.17. The number of hydrogen-bond acceptors (Lipinski definition) is 3. The van der Waals surface area contributed by atoms with E-state index in [2.05, 4.69) is 10.4 Å². The summed E-state index contributed by atoms with van der Waals surface area (Å²) < 4.78 is 7.11. The van der Waals surface area contributed by atoms with Gasteiger partial charge in [-0.3, -0.25) is 14.6 Å². The molecule has 0 saturated carbocycles. The molecule has 0 bridgehead atoms. The van der Waals surface area contributed by atoms with Crippen LogP contribution in [-0.2, 0) is 24.3 Å². The second-order valence-electron chi connectivity index (χ2n) is 5.00. The normalized spacial score (nSPS) is 24.6. The van der Waals surface area contributed by atoms with Gasteiger partial charge in [0, 0.05) is 18.7 Å². The monoisotopic (exact) mass is 237 g/mol. The molecule has 1 fully saturated rings. The van der Waals surface area contributed by atoms with E-state index in [1.165, 1.54) is 12.8 Å². The molecular formula is C12H19N3O2. The minimum Gasteiger partial charge on any atom is -0.376 e. The number of ether oxygens (including phenoxy) is 1. The van der Waals surface area contributed by atoms with Gasteiger partial charge in [0.05, 0.1) is 18.8 Å². The Morgan fingerprint density at radius 2 is 2.41 bits per heavy atom. The maximum absolute atomic E-state index is 12.1. The molecule has 94 valence electrons. The first-order valence-electron chi connectivity index (χ1n) is 6.43. The van der Waals surface area contributed by atoms with Crippen molar-refractivity contribution in [3.05, 3.63) is 21.6 Å². The predicted octanol–water partition coefficient (Wildman–Crippen LogP) is 0.249. The minimum atomic E-state index is 0.116. The molecule has 0 amide bonds. The van der Waals surface area contributed by atoms with Crippen LogP contribution < -0.4 is 10.9 Å². The first-order valence-corrected chi connectivity index (χ1v) is 6.43. The SMILES string of the molecule is O=c1c2c([nH]n1CC1CCCNC1)CCOC2. The van der Waals surface area contributed by atoms with Crippen molar-refractivity contribution in [2.75, 3.05) is 19.7 Å². The van der Waals surface area contributed by atoms with Crippen LogP contribution in [0.3, 0.4) is 0 Å². The van der Waals surface area contributed by atoms with Crippen LogP contribution in [0.4, 0.5) is 0 Å². The summed E-state index contributed by atoms with van der Waals surface area (Å²) in [6, 6.07) is 0. The molecule has 1 aromatic rings. The lowest BCUT2D eigenvalue weighted by molar-refractivity contribution is 0.109. The molecule has 3 heterocycles. The molecule has 0 spiro atoms. The van der Waals surface area contributed by atoms with E-state index in [4.69, 9.17) is 4.74 Å². The van der Waals surface area contributed by atoms with Crippen molar-refractivity contribution in [3.63, 3.8) is 0 Å². The summed E-state index contributed by atoms with van der Waals surface area (Å²) in [6.07, 6.45) is 3.25. The summed E-state index contributed by atoms with van der Waals surface area (Å²) in [4.78, 5) is 12.1. The van der Waals surface area contributed by atoms with Gasteiger partial charge in [0.1, 0.15) is 0 Å². The molecule has 5 heteroatoms. The van der Waals surface area contributed by atoms with E-state index in [0.717, 1.165) is 43.9 Å². The quantitative estimate of drug-likeness (QED) is 0.775. The highest BCUT2D eigenvalue weighted by atomic mass is 16.5. The average Bonchev–Trinajstić information content (AvgIpc) is 2.68. The van der Waals surface area contributed by atoms with E-state index >= 15 is 0 Å². The number of aromatic amines is 1. The fraction of sp³-hybridized carbons (Fsp3) is 0.750. The zero-order valence-electron chi connectivity index (χ0n) is 10.00. The molecule has 1 atom stereocenters. The van der Waals surface area contributed by atoms with Crippen LogP contribution in [-0.4, -0.2) is 29.5 Å². The predicted molar refractivity (Wildman–Crippen MR) is 64.0 cm³/mol. The van der Waals surface area contributed by atoms with Gasteiger partial charge in [-0.1, -0.05) is 0 Å². The summed E-state index contributed by atoms with van der Waals surface area (Å²) in [5, 5.41) is 6.63.